The van der Waals surface area contributed by atoms with Crippen LogP contribution in [0, 0.1) is 5.82 Å². The Morgan fingerprint density at radius 1 is 1.41 bits per heavy atom. The number of rotatable bonds is 6. The molecule has 1 aromatic carbocycles. The fourth-order valence-electron chi connectivity index (χ4n) is 1.73. The van der Waals surface area contributed by atoms with Crippen molar-refractivity contribution in [1.82, 2.24) is 10.2 Å². The smallest absolute Gasteiger partial charge is 0.126 e. The lowest BCUT2D eigenvalue weighted by Gasteiger charge is -2.19. The van der Waals surface area contributed by atoms with Gasteiger partial charge in [-0.25, -0.2) is 4.39 Å². The minimum atomic E-state index is -0.181. The minimum absolute atomic E-state index is 0.181. The molecule has 0 aromatic heterocycles. The molecule has 0 spiro atoms. The van der Waals surface area contributed by atoms with Gasteiger partial charge >= 0.3 is 0 Å². The van der Waals surface area contributed by atoms with Crippen molar-refractivity contribution in [2.45, 2.75) is 18.9 Å². The van der Waals surface area contributed by atoms with Crippen molar-refractivity contribution in [3.8, 4) is 0 Å². The molecule has 0 aliphatic rings. The summed E-state index contributed by atoms with van der Waals surface area (Å²) in [5.74, 6) is -0.181. The average Bonchev–Trinajstić information content (AvgIpc) is 2.28. The lowest BCUT2D eigenvalue weighted by atomic mass is 10.0. The van der Waals surface area contributed by atoms with E-state index in [0.717, 1.165) is 13.0 Å². The van der Waals surface area contributed by atoms with Crippen LogP contribution in [0.4, 0.5) is 4.39 Å². The highest BCUT2D eigenvalue weighted by Crippen LogP contribution is 2.17. The lowest BCUT2D eigenvalue weighted by Crippen LogP contribution is -2.31. The van der Waals surface area contributed by atoms with Gasteiger partial charge in [-0.3, -0.25) is 0 Å². The molecule has 1 N–H and O–H groups in total. The summed E-state index contributed by atoms with van der Waals surface area (Å²) in [6.07, 6.45) is 1.65. The van der Waals surface area contributed by atoms with E-state index in [9.17, 15) is 4.39 Å². The topological polar surface area (TPSA) is 15.3 Å². The van der Waals surface area contributed by atoms with E-state index in [1.807, 2.05) is 21.1 Å². The number of nitrogens with zero attached hydrogens (tertiary/aromatic N) is 1. The second-order valence-electron chi connectivity index (χ2n) is 4.52. The van der Waals surface area contributed by atoms with Crippen molar-refractivity contribution < 1.29 is 4.39 Å². The Balaban J connectivity index is 2.63. The first-order valence-corrected chi connectivity index (χ1v) is 6.16. The quantitative estimate of drug-likeness (QED) is 0.844. The van der Waals surface area contributed by atoms with Gasteiger partial charge in [-0.1, -0.05) is 11.6 Å². The Kier molecular flexibility index (Phi) is 5.89. The first kappa shape index (κ1) is 14.4. The van der Waals surface area contributed by atoms with Crippen LogP contribution in [0.3, 0.4) is 0 Å². The van der Waals surface area contributed by atoms with Gasteiger partial charge in [0.15, 0.2) is 0 Å². The highest BCUT2D eigenvalue weighted by molar-refractivity contribution is 6.30. The molecule has 0 bridgehead atoms. The van der Waals surface area contributed by atoms with Crippen LogP contribution in [-0.4, -0.2) is 38.6 Å². The Morgan fingerprint density at radius 2 is 2.12 bits per heavy atom. The first-order valence-electron chi connectivity index (χ1n) is 5.79. The molecule has 2 nitrogen and oxygen atoms in total. The molecule has 0 amide bonds. The molecular formula is C13H20ClFN2. The molecule has 0 saturated heterocycles. The zero-order chi connectivity index (χ0) is 12.8. The number of halogens is 2. The lowest BCUT2D eigenvalue weighted by molar-refractivity contribution is 0.363. The van der Waals surface area contributed by atoms with Crippen LogP contribution in [0.5, 0.6) is 0 Å². The molecule has 1 unspecified atom stereocenters. The predicted octanol–water partition coefficient (Wildman–Crippen LogP) is 2.56. The van der Waals surface area contributed by atoms with Crippen molar-refractivity contribution in [2.24, 2.45) is 0 Å². The number of likely N-dealkylation sites (N-methyl/N-ethyl adjacent to an activating group) is 1. The maximum Gasteiger partial charge on any atom is 0.126 e. The van der Waals surface area contributed by atoms with Gasteiger partial charge in [-0.05, 0) is 64.3 Å². The summed E-state index contributed by atoms with van der Waals surface area (Å²) in [5, 5.41) is 3.80. The van der Waals surface area contributed by atoms with Gasteiger partial charge in [0.2, 0.25) is 0 Å². The van der Waals surface area contributed by atoms with Crippen molar-refractivity contribution in [1.29, 1.82) is 0 Å². The average molecular weight is 259 g/mol. The second kappa shape index (κ2) is 6.94. The van der Waals surface area contributed by atoms with E-state index in [2.05, 4.69) is 10.2 Å². The van der Waals surface area contributed by atoms with Gasteiger partial charge in [0.1, 0.15) is 5.82 Å². The van der Waals surface area contributed by atoms with E-state index in [0.29, 0.717) is 17.0 Å². The Hall–Kier alpha value is -0.640. The van der Waals surface area contributed by atoms with Crippen LogP contribution in [0.2, 0.25) is 5.02 Å². The van der Waals surface area contributed by atoms with Crippen molar-refractivity contribution in [2.75, 3.05) is 27.7 Å². The fraction of sp³-hybridized carbons (Fsp3) is 0.538. The third-order valence-corrected chi connectivity index (χ3v) is 3.04. The molecule has 0 aliphatic carbocycles. The Bertz CT molecular complexity index is 355. The number of nitrogens with one attached hydrogen (secondary N) is 1. The van der Waals surface area contributed by atoms with E-state index < -0.39 is 0 Å². The zero-order valence-corrected chi connectivity index (χ0v) is 11.4. The summed E-state index contributed by atoms with van der Waals surface area (Å²) in [5.41, 5.74) is 0.676. The highest BCUT2D eigenvalue weighted by atomic mass is 35.5. The monoisotopic (exact) mass is 258 g/mol. The van der Waals surface area contributed by atoms with Crippen molar-refractivity contribution in [3.05, 3.63) is 34.6 Å². The van der Waals surface area contributed by atoms with E-state index in [1.165, 1.54) is 6.07 Å². The summed E-state index contributed by atoms with van der Waals surface area (Å²) >= 11 is 5.88. The molecular weight excluding hydrogens is 239 g/mol. The third kappa shape index (κ3) is 5.02. The van der Waals surface area contributed by atoms with Gasteiger partial charge in [-0.15, -0.1) is 0 Å². The van der Waals surface area contributed by atoms with Crippen LogP contribution in [0.25, 0.3) is 0 Å². The number of hydrogen-bond donors (Lipinski definition) is 1. The second-order valence-corrected chi connectivity index (χ2v) is 4.95. The first-order chi connectivity index (χ1) is 8.02. The Labute approximate surface area is 108 Å². The summed E-state index contributed by atoms with van der Waals surface area (Å²) < 4.78 is 13.6. The fourth-order valence-corrected chi connectivity index (χ4v) is 1.92. The van der Waals surface area contributed by atoms with E-state index in [-0.39, 0.29) is 11.9 Å². The molecule has 0 fully saturated rings. The molecule has 4 heteroatoms. The zero-order valence-electron chi connectivity index (χ0n) is 10.6. The van der Waals surface area contributed by atoms with Crippen molar-refractivity contribution in [3.63, 3.8) is 0 Å². The Morgan fingerprint density at radius 3 is 2.71 bits per heavy atom. The summed E-state index contributed by atoms with van der Waals surface area (Å²) in [7, 11) is 5.97. The number of benzene rings is 1. The van der Waals surface area contributed by atoms with Crippen LogP contribution in [0.15, 0.2) is 18.2 Å². The third-order valence-electron chi connectivity index (χ3n) is 2.81. The predicted molar refractivity (Wildman–Crippen MR) is 71.1 cm³/mol. The standard InChI is InChI=1S/C13H20ClFN2/c1-16-12(6-7-17(2)3)9-10-8-11(14)4-5-13(10)15/h4-5,8,12,16H,6-7,9H2,1-3H3. The largest absolute Gasteiger partial charge is 0.317 e. The summed E-state index contributed by atoms with van der Waals surface area (Å²) in [6.45, 7) is 0.980. The van der Waals surface area contributed by atoms with E-state index in [4.69, 9.17) is 11.6 Å². The van der Waals surface area contributed by atoms with Gasteiger partial charge in [0.05, 0.1) is 0 Å². The SMILES string of the molecule is CNC(CCN(C)C)Cc1cc(Cl)ccc1F. The van der Waals surface area contributed by atoms with Gasteiger partial charge < -0.3 is 10.2 Å². The molecule has 1 rings (SSSR count). The molecule has 96 valence electrons. The van der Waals surface area contributed by atoms with Crippen LogP contribution < -0.4 is 5.32 Å². The van der Waals surface area contributed by atoms with Crippen LogP contribution >= 0.6 is 11.6 Å². The molecule has 1 aromatic rings. The van der Waals surface area contributed by atoms with E-state index >= 15 is 0 Å². The highest BCUT2D eigenvalue weighted by Gasteiger charge is 2.11. The van der Waals surface area contributed by atoms with Crippen molar-refractivity contribution >= 4 is 11.6 Å². The van der Waals surface area contributed by atoms with Gasteiger partial charge in [0, 0.05) is 11.1 Å². The molecule has 0 aliphatic heterocycles. The van der Waals surface area contributed by atoms with E-state index in [1.54, 1.807) is 12.1 Å². The molecule has 0 saturated carbocycles. The molecule has 0 radical (unpaired) electrons. The molecule has 17 heavy (non-hydrogen) atoms. The normalized spacial score (nSPS) is 13.1. The van der Waals surface area contributed by atoms with Gasteiger partial charge in [0.25, 0.3) is 0 Å². The number of hydrogen-bond acceptors (Lipinski definition) is 2. The maximum absolute atomic E-state index is 13.6. The molecule has 0 heterocycles. The maximum atomic E-state index is 13.6. The van der Waals surface area contributed by atoms with Crippen LogP contribution in [0.1, 0.15) is 12.0 Å². The minimum Gasteiger partial charge on any atom is -0.317 e. The summed E-state index contributed by atoms with van der Waals surface area (Å²) in [4.78, 5) is 2.12. The molecule has 1 atom stereocenters. The van der Waals surface area contributed by atoms with Crippen LogP contribution in [-0.2, 0) is 6.42 Å². The summed E-state index contributed by atoms with van der Waals surface area (Å²) in [6, 6.07) is 4.98. The van der Waals surface area contributed by atoms with Gasteiger partial charge in [-0.2, -0.15) is 0 Å².